The molecule has 2 aromatic carbocycles. The van der Waals surface area contributed by atoms with Crippen molar-refractivity contribution < 1.29 is 17.2 Å². The van der Waals surface area contributed by atoms with E-state index in [9.17, 15) is 17.2 Å². The Morgan fingerprint density at radius 1 is 0.848 bits per heavy atom. The summed E-state index contributed by atoms with van der Waals surface area (Å²) in [6.07, 6.45) is 1.07. The van der Waals surface area contributed by atoms with Crippen LogP contribution in [0.2, 0.25) is 29.6 Å². The Labute approximate surface area is 216 Å². The maximum atomic E-state index is 13.5. The molecular formula is C22H36Cl2F2N2O2SSn2. The first-order chi connectivity index (χ1) is 15.0. The van der Waals surface area contributed by atoms with E-state index in [-0.39, 0.29) is 23.5 Å². The van der Waals surface area contributed by atoms with E-state index in [1.807, 2.05) is 18.2 Å². The van der Waals surface area contributed by atoms with E-state index < -0.39 is 46.8 Å². The van der Waals surface area contributed by atoms with Crippen LogP contribution in [0, 0.1) is 11.6 Å². The summed E-state index contributed by atoms with van der Waals surface area (Å²) in [5, 5.41) is 0.194. The number of rotatable bonds is 6. The minimum atomic E-state index is -3.29. The van der Waals surface area contributed by atoms with Crippen LogP contribution in [-0.4, -0.2) is 56.8 Å². The number of alkyl halides is 2. The third-order valence-electron chi connectivity index (χ3n) is 4.57. The molecule has 0 unspecified atom stereocenters. The zero-order chi connectivity index (χ0) is 26.0. The summed E-state index contributed by atoms with van der Waals surface area (Å²) in [4.78, 5) is 13.6. The number of hydrogen-bond donors (Lipinski definition) is 2. The molecule has 0 aliphatic heterocycles. The predicted octanol–water partition coefficient (Wildman–Crippen LogP) is 4.67. The SMILES string of the molecule is CS(=O)(=O)NCc1c[c]([Sn]([CH3])([CH3])[CH3])ccc1F.ClCCl.[CH3][Sn]([CH3])([CH3])[c]1ccc(F)c(CN)c1. The summed E-state index contributed by atoms with van der Waals surface area (Å²) in [5.74, 6) is -0.540. The molecule has 0 aromatic heterocycles. The van der Waals surface area contributed by atoms with Crippen molar-refractivity contribution in [3.8, 4) is 0 Å². The fraction of sp³-hybridized carbons (Fsp3) is 0.455. The Hall–Kier alpha value is 0.347. The van der Waals surface area contributed by atoms with Crippen molar-refractivity contribution in [2.45, 2.75) is 42.7 Å². The van der Waals surface area contributed by atoms with Crippen molar-refractivity contribution in [3.63, 3.8) is 0 Å². The van der Waals surface area contributed by atoms with E-state index in [4.69, 9.17) is 28.9 Å². The molecule has 0 bridgehead atoms. The Balaban J connectivity index is 0.000000569. The van der Waals surface area contributed by atoms with Gasteiger partial charge in [0.15, 0.2) is 0 Å². The Kier molecular flexibility index (Phi) is 15.0. The number of sulfonamides is 1. The summed E-state index contributed by atoms with van der Waals surface area (Å²) >= 11 is 5.26. The molecule has 0 saturated carbocycles. The summed E-state index contributed by atoms with van der Waals surface area (Å²) in [6.45, 7) is 0.308. The van der Waals surface area contributed by atoms with Crippen molar-refractivity contribution in [3.05, 3.63) is 59.2 Å². The molecule has 0 heterocycles. The average Bonchev–Trinajstić information content (AvgIpc) is 2.66. The van der Waals surface area contributed by atoms with Crippen LogP contribution in [0.4, 0.5) is 8.78 Å². The fourth-order valence-corrected chi connectivity index (χ4v) is 9.80. The van der Waals surface area contributed by atoms with Crippen LogP contribution in [0.3, 0.4) is 0 Å². The van der Waals surface area contributed by atoms with Crippen LogP contribution in [0.1, 0.15) is 11.1 Å². The molecule has 0 radical (unpaired) electrons. The van der Waals surface area contributed by atoms with E-state index in [1.54, 1.807) is 12.1 Å². The summed E-state index contributed by atoms with van der Waals surface area (Å²) in [5.41, 5.74) is 6.51. The van der Waals surface area contributed by atoms with Crippen LogP contribution >= 0.6 is 23.2 Å². The van der Waals surface area contributed by atoms with Gasteiger partial charge in [-0.2, -0.15) is 0 Å². The molecule has 0 aliphatic carbocycles. The van der Waals surface area contributed by atoms with Gasteiger partial charge in [-0.3, -0.25) is 0 Å². The molecule has 0 atom stereocenters. The second-order valence-corrected chi connectivity index (χ2v) is 41.1. The summed E-state index contributed by atoms with van der Waals surface area (Å²) in [7, 11) is -3.29. The molecule has 4 nitrogen and oxygen atoms in total. The summed E-state index contributed by atoms with van der Waals surface area (Å²) < 4.78 is 53.4. The van der Waals surface area contributed by atoms with Gasteiger partial charge in [0.2, 0.25) is 0 Å². The summed E-state index contributed by atoms with van der Waals surface area (Å²) in [6, 6.07) is 10.4. The third-order valence-corrected chi connectivity index (χ3v) is 16.9. The van der Waals surface area contributed by atoms with Gasteiger partial charge in [0.25, 0.3) is 0 Å². The van der Waals surface area contributed by atoms with Gasteiger partial charge in [0, 0.05) is 0 Å². The predicted molar refractivity (Wildman–Crippen MR) is 145 cm³/mol. The van der Waals surface area contributed by atoms with Crippen LogP contribution in [0.25, 0.3) is 0 Å². The van der Waals surface area contributed by atoms with Gasteiger partial charge >= 0.3 is 190 Å². The first-order valence-electron chi connectivity index (χ1n) is 10.3. The van der Waals surface area contributed by atoms with Gasteiger partial charge in [-0.05, 0) is 0 Å². The standard InChI is InChI=1S/C8H9FNO2S.C7H7FN.CH2Cl2.6CH3.2Sn/c1-13(11,12)10-6-7-4-2-3-5-8(7)9;8-7-4-2-1-3-6(7)5-9;2-1-3;;;;;;;;/h3-5,10H,6H2,1H3;2-4H,5,9H2;1H2;6*1H3;;. The molecule has 2 rings (SSSR count). The van der Waals surface area contributed by atoms with Crippen molar-refractivity contribution >= 4 is 77.1 Å². The molecule has 3 N–H and O–H groups in total. The normalized spacial score (nSPS) is 11.8. The van der Waals surface area contributed by atoms with Gasteiger partial charge in [0.1, 0.15) is 0 Å². The Morgan fingerprint density at radius 3 is 1.55 bits per heavy atom. The van der Waals surface area contributed by atoms with Crippen molar-refractivity contribution in [2.24, 2.45) is 5.73 Å². The first-order valence-corrected chi connectivity index (χ1v) is 33.2. The van der Waals surface area contributed by atoms with Gasteiger partial charge < -0.3 is 0 Å². The zero-order valence-electron chi connectivity index (χ0n) is 20.4. The first kappa shape index (κ1) is 33.3. The van der Waals surface area contributed by atoms with Gasteiger partial charge in [-0.15, -0.1) is 23.2 Å². The number of nitrogens with one attached hydrogen (secondary N) is 1. The molecular weight excluding hydrogens is 703 g/mol. The quantitative estimate of drug-likeness (QED) is 0.335. The maximum absolute atomic E-state index is 13.5. The molecule has 33 heavy (non-hydrogen) atoms. The molecule has 188 valence electrons. The van der Waals surface area contributed by atoms with Crippen LogP contribution in [-0.2, 0) is 23.1 Å². The Bertz CT molecular complexity index is 997. The number of hydrogen-bond acceptors (Lipinski definition) is 3. The molecule has 0 saturated heterocycles. The Morgan fingerprint density at radius 2 is 1.21 bits per heavy atom. The second-order valence-electron chi connectivity index (χ2n) is 9.51. The van der Waals surface area contributed by atoms with E-state index in [1.165, 1.54) is 13.2 Å². The fourth-order valence-electron chi connectivity index (χ4n) is 2.58. The molecule has 0 aliphatic rings. The van der Waals surface area contributed by atoms with E-state index in [2.05, 4.69) is 34.4 Å². The van der Waals surface area contributed by atoms with Gasteiger partial charge in [0.05, 0.1) is 5.34 Å². The van der Waals surface area contributed by atoms with E-state index in [0.29, 0.717) is 17.7 Å². The number of benzene rings is 2. The number of nitrogens with two attached hydrogens (primary N) is 1. The van der Waals surface area contributed by atoms with Gasteiger partial charge in [-0.25, -0.2) is 0 Å². The van der Waals surface area contributed by atoms with Crippen molar-refractivity contribution in [1.29, 1.82) is 0 Å². The molecule has 2 aromatic rings. The molecule has 11 heteroatoms. The zero-order valence-corrected chi connectivity index (χ0v) is 28.4. The topological polar surface area (TPSA) is 72.2 Å². The van der Waals surface area contributed by atoms with Crippen LogP contribution < -0.4 is 17.6 Å². The van der Waals surface area contributed by atoms with Crippen LogP contribution in [0.5, 0.6) is 0 Å². The van der Waals surface area contributed by atoms with Crippen LogP contribution in [0.15, 0.2) is 36.4 Å². The average molecular weight is 739 g/mol. The monoisotopic (exact) mass is 740 g/mol. The second kappa shape index (κ2) is 14.8. The van der Waals surface area contributed by atoms with E-state index >= 15 is 0 Å². The number of halogens is 4. The molecule has 0 spiro atoms. The van der Waals surface area contributed by atoms with Gasteiger partial charge in [-0.1, -0.05) is 0 Å². The van der Waals surface area contributed by atoms with Crippen molar-refractivity contribution in [1.82, 2.24) is 4.72 Å². The minimum absolute atomic E-state index is 0.0143. The molecule has 0 fully saturated rings. The van der Waals surface area contributed by atoms with Crippen molar-refractivity contribution in [2.75, 3.05) is 11.6 Å². The molecule has 0 amide bonds. The van der Waals surface area contributed by atoms with E-state index in [0.717, 1.165) is 6.26 Å². The third kappa shape index (κ3) is 13.9.